The van der Waals surface area contributed by atoms with Gasteiger partial charge < -0.3 is 25.0 Å². The van der Waals surface area contributed by atoms with Crippen molar-refractivity contribution in [2.45, 2.75) is 19.9 Å². The molecule has 2 aromatic rings. The van der Waals surface area contributed by atoms with Crippen LogP contribution >= 0.6 is 0 Å². The van der Waals surface area contributed by atoms with E-state index >= 15 is 0 Å². The van der Waals surface area contributed by atoms with E-state index in [1.807, 2.05) is 0 Å². The SMILES string of the molecule is COc1cc(C(=O)N[C@@H](C)c2nc(C)no2)ccc1OCC(N)=O. The zero-order chi connectivity index (χ0) is 17.7. The second-order valence-electron chi connectivity index (χ2n) is 5.00. The smallest absolute Gasteiger partial charge is 0.255 e. The van der Waals surface area contributed by atoms with Crippen LogP contribution < -0.4 is 20.5 Å². The van der Waals surface area contributed by atoms with Crippen LogP contribution in [0.4, 0.5) is 0 Å². The van der Waals surface area contributed by atoms with Crippen molar-refractivity contribution in [3.63, 3.8) is 0 Å². The summed E-state index contributed by atoms with van der Waals surface area (Å²) < 4.78 is 15.4. The first-order valence-corrected chi connectivity index (χ1v) is 7.11. The molecule has 0 aliphatic carbocycles. The Hall–Kier alpha value is -3.10. The number of nitrogens with one attached hydrogen (secondary N) is 1. The fourth-order valence-corrected chi connectivity index (χ4v) is 1.91. The summed E-state index contributed by atoms with van der Waals surface area (Å²) in [7, 11) is 1.43. The molecule has 0 saturated heterocycles. The number of hydrogen-bond donors (Lipinski definition) is 2. The van der Waals surface area contributed by atoms with Crippen LogP contribution in [0, 0.1) is 6.92 Å². The number of rotatable bonds is 7. The van der Waals surface area contributed by atoms with Gasteiger partial charge in [-0.25, -0.2) is 0 Å². The third-order valence-corrected chi connectivity index (χ3v) is 3.06. The summed E-state index contributed by atoms with van der Waals surface area (Å²) in [4.78, 5) is 27.2. The zero-order valence-corrected chi connectivity index (χ0v) is 13.5. The molecule has 2 amide bonds. The van der Waals surface area contributed by atoms with Crippen LogP contribution in [-0.4, -0.2) is 35.7 Å². The average molecular weight is 334 g/mol. The number of ether oxygens (including phenoxy) is 2. The number of aromatic nitrogens is 2. The van der Waals surface area contributed by atoms with E-state index in [9.17, 15) is 9.59 Å². The number of carbonyl (C=O) groups excluding carboxylic acids is 2. The van der Waals surface area contributed by atoms with Crippen LogP contribution in [0.15, 0.2) is 22.7 Å². The highest BCUT2D eigenvalue weighted by atomic mass is 16.5. The standard InChI is InChI=1S/C15H18N4O5/c1-8(15-18-9(2)19-24-15)17-14(21)10-4-5-11(12(6-10)22-3)23-7-13(16)20/h4-6,8H,7H2,1-3H3,(H2,16,20)(H,17,21)/t8-/m0/s1. The van der Waals surface area contributed by atoms with Gasteiger partial charge in [-0.05, 0) is 32.0 Å². The van der Waals surface area contributed by atoms with Crippen LogP contribution in [0.3, 0.4) is 0 Å². The number of nitrogens with zero attached hydrogens (tertiary/aromatic N) is 2. The first kappa shape index (κ1) is 17.3. The largest absolute Gasteiger partial charge is 0.493 e. The molecular formula is C15H18N4O5. The van der Waals surface area contributed by atoms with Gasteiger partial charge in [0.05, 0.1) is 7.11 Å². The lowest BCUT2D eigenvalue weighted by atomic mass is 10.1. The van der Waals surface area contributed by atoms with Gasteiger partial charge in [0.25, 0.3) is 11.8 Å². The molecule has 0 aliphatic rings. The average Bonchev–Trinajstić information content (AvgIpc) is 2.99. The molecule has 0 aliphatic heterocycles. The molecule has 0 spiro atoms. The van der Waals surface area contributed by atoms with Crippen LogP contribution in [0.2, 0.25) is 0 Å². The van der Waals surface area contributed by atoms with Crippen molar-refractivity contribution in [1.82, 2.24) is 15.5 Å². The number of primary amides is 1. The van der Waals surface area contributed by atoms with Crippen LogP contribution in [0.1, 0.15) is 35.0 Å². The maximum atomic E-state index is 12.3. The molecule has 128 valence electrons. The van der Waals surface area contributed by atoms with E-state index in [2.05, 4.69) is 15.5 Å². The Balaban J connectivity index is 2.10. The number of hydrogen-bond acceptors (Lipinski definition) is 7. The fourth-order valence-electron chi connectivity index (χ4n) is 1.91. The van der Waals surface area contributed by atoms with E-state index in [1.165, 1.54) is 19.2 Å². The van der Waals surface area contributed by atoms with E-state index in [0.717, 1.165) is 0 Å². The van der Waals surface area contributed by atoms with E-state index in [1.54, 1.807) is 19.9 Å². The van der Waals surface area contributed by atoms with E-state index < -0.39 is 11.9 Å². The number of nitrogens with two attached hydrogens (primary N) is 1. The maximum absolute atomic E-state index is 12.3. The van der Waals surface area contributed by atoms with Crippen molar-refractivity contribution in [3.8, 4) is 11.5 Å². The Labute approximate surface area is 138 Å². The number of methoxy groups -OCH3 is 1. The summed E-state index contributed by atoms with van der Waals surface area (Å²) in [6, 6.07) is 4.12. The Bertz CT molecular complexity index is 743. The maximum Gasteiger partial charge on any atom is 0.255 e. The van der Waals surface area contributed by atoms with Crippen LogP contribution in [0.5, 0.6) is 11.5 Å². The third kappa shape index (κ3) is 4.22. The Morgan fingerprint density at radius 3 is 2.71 bits per heavy atom. The molecule has 1 heterocycles. The molecular weight excluding hydrogens is 316 g/mol. The van der Waals surface area contributed by atoms with Gasteiger partial charge in [-0.15, -0.1) is 0 Å². The summed E-state index contributed by atoms with van der Waals surface area (Å²) in [5.74, 6) is 0.470. The van der Waals surface area contributed by atoms with Gasteiger partial charge in [0.15, 0.2) is 23.9 Å². The molecule has 24 heavy (non-hydrogen) atoms. The molecule has 0 unspecified atom stereocenters. The predicted molar refractivity (Wildman–Crippen MR) is 82.6 cm³/mol. The van der Waals surface area contributed by atoms with Gasteiger partial charge in [-0.2, -0.15) is 4.98 Å². The second kappa shape index (κ2) is 7.44. The molecule has 0 fully saturated rings. The summed E-state index contributed by atoms with van der Waals surface area (Å²) in [5.41, 5.74) is 5.38. The van der Waals surface area contributed by atoms with E-state index in [-0.39, 0.29) is 12.5 Å². The summed E-state index contributed by atoms with van der Waals surface area (Å²) >= 11 is 0. The van der Waals surface area contributed by atoms with Crippen molar-refractivity contribution in [3.05, 3.63) is 35.5 Å². The fraction of sp³-hybridized carbons (Fsp3) is 0.333. The monoisotopic (exact) mass is 334 g/mol. The van der Waals surface area contributed by atoms with Gasteiger partial charge in [-0.3, -0.25) is 9.59 Å². The highest BCUT2D eigenvalue weighted by Gasteiger charge is 2.18. The Morgan fingerprint density at radius 2 is 2.12 bits per heavy atom. The van der Waals surface area contributed by atoms with Gasteiger partial charge in [0.1, 0.15) is 6.04 Å². The minimum Gasteiger partial charge on any atom is -0.493 e. The van der Waals surface area contributed by atoms with E-state index in [0.29, 0.717) is 28.8 Å². The molecule has 9 nitrogen and oxygen atoms in total. The van der Waals surface area contributed by atoms with Gasteiger partial charge in [-0.1, -0.05) is 5.16 Å². The van der Waals surface area contributed by atoms with Crippen molar-refractivity contribution in [2.75, 3.05) is 13.7 Å². The number of benzene rings is 1. The van der Waals surface area contributed by atoms with Gasteiger partial charge >= 0.3 is 0 Å². The number of amides is 2. The first-order valence-electron chi connectivity index (χ1n) is 7.11. The zero-order valence-electron chi connectivity index (χ0n) is 13.5. The van der Waals surface area contributed by atoms with Gasteiger partial charge in [0, 0.05) is 5.56 Å². The lowest BCUT2D eigenvalue weighted by Gasteiger charge is -2.13. The van der Waals surface area contributed by atoms with Gasteiger partial charge in [0.2, 0.25) is 5.89 Å². The van der Waals surface area contributed by atoms with E-state index in [4.69, 9.17) is 19.7 Å². The number of carbonyl (C=O) groups is 2. The summed E-state index contributed by atoms with van der Waals surface area (Å²) in [6.45, 7) is 3.14. The van der Waals surface area contributed by atoms with Crippen LogP contribution in [0.25, 0.3) is 0 Å². The molecule has 0 bridgehead atoms. The highest BCUT2D eigenvalue weighted by Crippen LogP contribution is 2.28. The Morgan fingerprint density at radius 1 is 1.38 bits per heavy atom. The molecule has 0 saturated carbocycles. The normalized spacial score (nSPS) is 11.6. The quantitative estimate of drug-likeness (QED) is 0.764. The minimum absolute atomic E-state index is 0.282. The number of aryl methyl sites for hydroxylation is 1. The molecule has 2 rings (SSSR count). The highest BCUT2D eigenvalue weighted by molar-refractivity contribution is 5.95. The predicted octanol–water partition coefficient (Wildman–Crippen LogP) is 0.742. The third-order valence-electron chi connectivity index (χ3n) is 3.06. The minimum atomic E-state index is -0.609. The topological polar surface area (TPSA) is 130 Å². The lowest BCUT2D eigenvalue weighted by molar-refractivity contribution is -0.119. The van der Waals surface area contributed by atoms with Crippen LogP contribution in [-0.2, 0) is 4.79 Å². The second-order valence-corrected chi connectivity index (χ2v) is 5.00. The summed E-state index contributed by atoms with van der Waals surface area (Å²) in [6.07, 6.45) is 0. The molecule has 1 atom stereocenters. The molecule has 1 aromatic carbocycles. The molecule has 9 heteroatoms. The van der Waals surface area contributed by atoms with Crippen molar-refractivity contribution < 1.29 is 23.6 Å². The van der Waals surface area contributed by atoms with Crippen molar-refractivity contribution in [1.29, 1.82) is 0 Å². The molecule has 1 aromatic heterocycles. The summed E-state index contributed by atoms with van der Waals surface area (Å²) in [5, 5.41) is 6.42. The molecule has 3 N–H and O–H groups in total. The Kier molecular flexibility index (Phi) is 5.35. The first-order chi connectivity index (χ1) is 11.4. The lowest BCUT2D eigenvalue weighted by Crippen LogP contribution is -2.27. The van der Waals surface area contributed by atoms with Crippen molar-refractivity contribution in [2.24, 2.45) is 5.73 Å². The molecule has 0 radical (unpaired) electrons. The van der Waals surface area contributed by atoms with Crippen molar-refractivity contribution >= 4 is 11.8 Å².